The molecule has 2 heterocycles. The van der Waals surface area contributed by atoms with E-state index in [4.69, 9.17) is 14.2 Å². The van der Waals surface area contributed by atoms with E-state index in [2.05, 4.69) is 4.98 Å². The molecular formula is C23H24N2O8. The molecule has 1 fully saturated rings. The number of nitrogens with one attached hydrogen (secondary N) is 1. The zero-order valence-electron chi connectivity index (χ0n) is 18.0. The third-order valence-electron chi connectivity index (χ3n) is 5.78. The molecule has 33 heavy (non-hydrogen) atoms. The minimum Gasteiger partial charge on any atom is -0.497 e. The van der Waals surface area contributed by atoms with Crippen molar-refractivity contribution in [3.8, 4) is 5.75 Å². The maximum Gasteiger partial charge on any atom is 0.330 e. The largest absolute Gasteiger partial charge is 0.497 e. The molecule has 3 N–H and O–H groups in total. The minimum atomic E-state index is -1.45. The molecule has 10 nitrogen and oxygen atoms in total. The molecule has 0 saturated carbocycles. The number of H-pyrrole nitrogens is 1. The van der Waals surface area contributed by atoms with Crippen molar-refractivity contribution in [2.75, 3.05) is 13.7 Å². The number of aliphatic hydroxyl groups excluding tert-OH is 2. The van der Waals surface area contributed by atoms with Gasteiger partial charge in [0.2, 0.25) is 0 Å². The molecule has 10 heteroatoms. The highest BCUT2D eigenvalue weighted by Crippen LogP contribution is 2.29. The number of hydrogen-bond acceptors (Lipinski definition) is 8. The highest BCUT2D eigenvalue weighted by Gasteiger charge is 2.44. The van der Waals surface area contributed by atoms with Gasteiger partial charge in [0.05, 0.1) is 13.0 Å². The van der Waals surface area contributed by atoms with Crippen LogP contribution < -0.4 is 16.0 Å². The number of methoxy groups -OCH3 is 1. The quantitative estimate of drug-likeness (QED) is 0.460. The Morgan fingerprint density at radius 1 is 1.12 bits per heavy atom. The number of carbonyl (C=O) groups is 1. The van der Waals surface area contributed by atoms with Crippen LogP contribution in [0, 0.1) is 0 Å². The topological polar surface area (TPSA) is 140 Å². The Balaban J connectivity index is 1.42. The predicted octanol–water partition coefficient (Wildman–Crippen LogP) is 0.665. The average molecular weight is 456 g/mol. The van der Waals surface area contributed by atoms with Gasteiger partial charge < -0.3 is 24.4 Å². The van der Waals surface area contributed by atoms with Gasteiger partial charge in [-0.25, -0.2) is 4.79 Å². The number of aromatic nitrogens is 2. The molecule has 0 unspecified atom stereocenters. The average Bonchev–Trinajstić information content (AvgIpc) is 3.09. The maximum atomic E-state index is 12.6. The molecule has 1 aromatic heterocycles. The molecule has 1 aliphatic rings. The van der Waals surface area contributed by atoms with Crippen LogP contribution in [0.2, 0.25) is 0 Å². The van der Waals surface area contributed by atoms with Crippen molar-refractivity contribution in [1.82, 2.24) is 9.55 Å². The summed E-state index contributed by atoms with van der Waals surface area (Å²) in [6, 6.07) is 12.3. The van der Waals surface area contributed by atoms with E-state index in [9.17, 15) is 24.6 Å². The van der Waals surface area contributed by atoms with Gasteiger partial charge in [0, 0.05) is 12.3 Å². The first kappa shape index (κ1) is 22.7. The Bertz CT molecular complexity index is 1280. The first-order chi connectivity index (χ1) is 15.8. The van der Waals surface area contributed by atoms with Gasteiger partial charge in [-0.2, -0.15) is 0 Å². The number of esters is 1. The molecule has 2 aromatic carbocycles. The molecule has 0 aliphatic carbocycles. The summed E-state index contributed by atoms with van der Waals surface area (Å²) in [4.78, 5) is 37.9. The maximum absolute atomic E-state index is 12.6. The monoisotopic (exact) mass is 456 g/mol. The molecule has 174 valence electrons. The standard InChI is InChI=1S/C23H24N2O8/c1-12(13-3-4-15-10-16(31-2)6-5-14(15)9-13)22(29)32-11-17-19(27)20(28)21(33-17)25-8-7-18(26)24-23(25)30/h3-10,12,17,19-21,27-28H,11H2,1-2H3,(H,24,26,30)/t12-,17+,19+,20+,21+/m0/s1. The smallest absolute Gasteiger partial charge is 0.330 e. The van der Waals surface area contributed by atoms with Crippen molar-refractivity contribution in [3.63, 3.8) is 0 Å². The van der Waals surface area contributed by atoms with E-state index in [-0.39, 0.29) is 6.61 Å². The minimum absolute atomic E-state index is 0.319. The van der Waals surface area contributed by atoms with Gasteiger partial charge in [-0.3, -0.25) is 19.1 Å². The predicted molar refractivity (Wildman–Crippen MR) is 117 cm³/mol. The van der Waals surface area contributed by atoms with Crippen molar-refractivity contribution in [2.24, 2.45) is 0 Å². The van der Waals surface area contributed by atoms with E-state index in [0.29, 0.717) is 0 Å². The third kappa shape index (κ3) is 4.54. The number of aromatic amines is 1. The Morgan fingerprint density at radius 3 is 2.58 bits per heavy atom. The van der Waals surface area contributed by atoms with Gasteiger partial charge in [-0.1, -0.05) is 24.3 Å². The van der Waals surface area contributed by atoms with Crippen LogP contribution in [0.4, 0.5) is 0 Å². The molecule has 0 amide bonds. The van der Waals surface area contributed by atoms with E-state index < -0.39 is 47.7 Å². The Morgan fingerprint density at radius 2 is 1.85 bits per heavy atom. The SMILES string of the molecule is COc1ccc2cc([C@H](C)C(=O)OC[C@H]3O[C@@H](n4ccc(=O)[nH]c4=O)[C@H](O)[C@@H]3O)ccc2c1. The fraction of sp³-hybridized carbons (Fsp3) is 0.348. The number of aliphatic hydroxyl groups is 2. The number of benzene rings is 2. The molecule has 1 aliphatic heterocycles. The second kappa shape index (κ2) is 9.18. The van der Waals surface area contributed by atoms with Gasteiger partial charge in [0.25, 0.3) is 5.56 Å². The van der Waals surface area contributed by atoms with Crippen molar-refractivity contribution in [2.45, 2.75) is 37.4 Å². The number of hydrogen-bond donors (Lipinski definition) is 3. The first-order valence-electron chi connectivity index (χ1n) is 10.4. The highest BCUT2D eigenvalue weighted by molar-refractivity contribution is 5.86. The second-order valence-corrected chi connectivity index (χ2v) is 7.89. The van der Waals surface area contributed by atoms with Crippen LogP contribution in [0.5, 0.6) is 5.75 Å². The number of fused-ring (bicyclic) bond motifs is 1. The Labute approximate surface area is 188 Å². The molecule has 3 aromatic rings. The number of ether oxygens (including phenoxy) is 3. The normalized spacial score (nSPS) is 23.4. The molecule has 1 saturated heterocycles. The van der Waals surface area contributed by atoms with E-state index >= 15 is 0 Å². The number of carbonyl (C=O) groups excluding carboxylic acids is 1. The van der Waals surface area contributed by atoms with E-state index in [1.54, 1.807) is 14.0 Å². The van der Waals surface area contributed by atoms with Crippen molar-refractivity contribution < 1.29 is 29.2 Å². The Hall–Kier alpha value is -3.47. The summed E-state index contributed by atoms with van der Waals surface area (Å²) in [5.74, 6) is -0.377. The molecular weight excluding hydrogens is 432 g/mol. The van der Waals surface area contributed by atoms with Crippen LogP contribution in [0.15, 0.2) is 58.3 Å². The first-order valence-corrected chi connectivity index (χ1v) is 10.4. The lowest BCUT2D eigenvalue weighted by Crippen LogP contribution is -2.37. The zero-order chi connectivity index (χ0) is 23.7. The molecule has 0 spiro atoms. The zero-order valence-corrected chi connectivity index (χ0v) is 18.0. The number of nitrogens with zero attached hydrogens (tertiary/aromatic N) is 1. The summed E-state index contributed by atoms with van der Waals surface area (Å²) in [5.41, 5.74) is -0.640. The van der Waals surface area contributed by atoms with Crippen molar-refractivity contribution in [3.05, 3.63) is 75.1 Å². The molecule has 5 atom stereocenters. The molecule has 0 bridgehead atoms. The van der Waals surface area contributed by atoms with Gasteiger partial charge >= 0.3 is 11.7 Å². The van der Waals surface area contributed by atoms with E-state index in [0.717, 1.165) is 38.9 Å². The van der Waals surface area contributed by atoms with Crippen LogP contribution in [0.3, 0.4) is 0 Å². The fourth-order valence-corrected chi connectivity index (χ4v) is 3.79. The van der Waals surface area contributed by atoms with Crippen molar-refractivity contribution in [1.29, 1.82) is 0 Å². The summed E-state index contributed by atoms with van der Waals surface area (Å²) < 4.78 is 17.1. The summed E-state index contributed by atoms with van der Waals surface area (Å²) in [5, 5.41) is 22.5. The van der Waals surface area contributed by atoms with Gasteiger partial charge in [0.1, 0.15) is 30.7 Å². The van der Waals surface area contributed by atoms with Crippen LogP contribution in [0.1, 0.15) is 24.6 Å². The number of rotatable bonds is 6. The molecule has 0 radical (unpaired) electrons. The summed E-state index contributed by atoms with van der Waals surface area (Å²) in [6.45, 7) is 1.39. The fourth-order valence-electron chi connectivity index (χ4n) is 3.79. The lowest BCUT2D eigenvalue weighted by atomic mass is 9.98. The van der Waals surface area contributed by atoms with Gasteiger partial charge in [-0.15, -0.1) is 0 Å². The summed E-state index contributed by atoms with van der Waals surface area (Å²) in [6.07, 6.45) is -3.97. The lowest BCUT2D eigenvalue weighted by molar-refractivity contribution is -0.151. The van der Waals surface area contributed by atoms with Gasteiger partial charge in [-0.05, 0) is 35.4 Å². The van der Waals surface area contributed by atoms with E-state index in [1.807, 2.05) is 36.4 Å². The third-order valence-corrected chi connectivity index (χ3v) is 5.78. The highest BCUT2D eigenvalue weighted by atomic mass is 16.6. The molecule has 4 rings (SSSR count). The van der Waals surface area contributed by atoms with Crippen molar-refractivity contribution >= 4 is 16.7 Å². The summed E-state index contributed by atoms with van der Waals surface area (Å²) in [7, 11) is 1.60. The summed E-state index contributed by atoms with van der Waals surface area (Å²) >= 11 is 0. The van der Waals surface area contributed by atoms with Gasteiger partial charge in [0.15, 0.2) is 6.23 Å². The van der Waals surface area contributed by atoms with Crippen LogP contribution in [-0.4, -0.2) is 57.8 Å². The Kier molecular flexibility index (Phi) is 6.32. The van der Waals surface area contributed by atoms with Crippen LogP contribution >= 0.6 is 0 Å². The van der Waals surface area contributed by atoms with Crippen LogP contribution in [-0.2, 0) is 14.3 Å². The van der Waals surface area contributed by atoms with E-state index in [1.165, 1.54) is 0 Å². The second-order valence-electron chi connectivity index (χ2n) is 7.89. The van der Waals surface area contributed by atoms with Crippen LogP contribution in [0.25, 0.3) is 10.8 Å². The lowest BCUT2D eigenvalue weighted by Gasteiger charge is -2.17.